The number of rotatable bonds is 9. The van der Waals surface area contributed by atoms with Gasteiger partial charge in [0.2, 0.25) is 0 Å². The quantitative estimate of drug-likeness (QED) is 0.523. The van der Waals surface area contributed by atoms with E-state index in [1.165, 1.54) is 12.8 Å². The number of allylic oxidation sites excluding steroid dienone is 1. The van der Waals surface area contributed by atoms with E-state index in [1.54, 1.807) is 19.9 Å². The van der Waals surface area contributed by atoms with Crippen molar-refractivity contribution >= 4 is 17.9 Å². The maximum absolute atomic E-state index is 10.5. The molecule has 0 aromatic heterocycles. The highest BCUT2D eigenvalue weighted by atomic mass is 16.4. The van der Waals surface area contributed by atoms with Gasteiger partial charge in [0.15, 0.2) is 0 Å². The highest BCUT2D eigenvalue weighted by molar-refractivity contribution is 5.86. The number of unbranched alkanes of at least 4 members (excludes halogenated alkanes) is 1. The second-order valence-electron chi connectivity index (χ2n) is 5.35. The van der Waals surface area contributed by atoms with Gasteiger partial charge in [0.05, 0.1) is 0 Å². The average molecular weight is 356 g/mol. The molecule has 0 radical (unpaired) electrons. The van der Waals surface area contributed by atoms with Crippen LogP contribution >= 0.6 is 0 Å². The molecule has 6 nitrogen and oxygen atoms in total. The van der Waals surface area contributed by atoms with Gasteiger partial charge in [0.25, 0.3) is 0 Å². The molecule has 0 aliphatic heterocycles. The summed E-state index contributed by atoms with van der Waals surface area (Å²) in [5.74, 6) is -2.18. The van der Waals surface area contributed by atoms with Crippen LogP contribution < -0.4 is 0 Å². The number of hydrogen-bond acceptors (Lipinski definition) is 3. The zero-order valence-electron chi connectivity index (χ0n) is 15.7. The molecule has 0 aliphatic carbocycles. The Labute approximate surface area is 150 Å². The van der Waals surface area contributed by atoms with Crippen LogP contribution in [0, 0.1) is 5.92 Å². The van der Waals surface area contributed by atoms with E-state index in [2.05, 4.69) is 27.0 Å². The van der Waals surface area contributed by atoms with Gasteiger partial charge in [0, 0.05) is 17.2 Å². The Morgan fingerprint density at radius 2 is 1.56 bits per heavy atom. The molecule has 0 saturated heterocycles. The molecule has 0 aromatic rings. The van der Waals surface area contributed by atoms with E-state index in [-0.39, 0.29) is 0 Å². The number of aliphatic carboxylic acids is 3. The number of hydrogen-bond donors (Lipinski definition) is 3. The smallest absolute Gasteiger partial charge is 0.330 e. The summed E-state index contributed by atoms with van der Waals surface area (Å²) in [4.78, 5) is 29.6. The van der Waals surface area contributed by atoms with Crippen LogP contribution in [0.4, 0.5) is 0 Å². The van der Waals surface area contributed by atoms with Gasteiger partial charge in [-0.1, -0.05) is 58.8 Å². The van der Waals surface area contributed by atoms with Gasteiger partial charge in [-0.3, -0.25) is 0 Å². The molecule has 0 fully saturated rings. The maximum atomic E-state index is 10.5. The molecule has 0 spiro atoms. The molecule has 0 amide bonds. The Kier molecular flexibility index (Phi) is 19.8. The largest absolute Gasteiger partial charge is 0.478 e. The van der Waals surface area contributed by atoms with E-state index >= 15 is 0 Å². The summed E-state index contributed by atoms with van der Waals surface area (Å²) in [6.07, 6.45) is 7.57. The molecule has 1 atom stereocenters. The monoisotopic (exact) mass is 356 g/mol. The van der Waals surface area contributed by atoms with Crippen molar-refractivity contribution in [2.75, 3.05) is 0 Å². The number of carboxylic acid groups (broad SMARTS) is 3. The van der Waals surface area contributed by atoms with Crippen LogP contribution in [-0.4, -0.2) is 33.2 Å². The van der Waals surface area contributed by atoms with Crippen LogP contribution in [0.25, 0.3) is 0 Å². The Morgan fingerprint density at radius 1 is 1.08 bits per heavy atom. The van der Waals surface area contributed by atoms with Gasteiger partial charge in [-0.25, -0.2) is 14.4 Å². The van der Waals surface area contributed by atoms with Crippen molar-refractivity contribution in [1.82, 2.24) is 0 Å². The Bertz CT molecular complexity index is 463. The molecule has 144 valence electrons. The lowest BCUT2D eigenvalue weighted by molar-refractivity contribution is -0.133. The zero-order chi connectivity index (χ0) is 20.4. The van der Waals surface area contributed by atoms with Crippen LogP contribution in [0.2, 0.25) is 0 Å². The van der Waals surface area contributed by atoms with Crippen molar-refractivity contribution in [3.05, 3.63) is 36.5 Å². The fourth-order valence-corrected chi connectivity index (χ4v) is 1.50. The van der Waals surface area contributed by atoms with Gasteiger partial charge in [-0.15, -0.1) is 0 Å². The molecule has 0 aliphatic rings. The summed E-state index contributed by atoms with van der Waals surface area (Å²) in [7, 11) is 0. The maximum Gasteiger partial charge on any atom is 0.330 e. The SMILES string of the molecule is C=C(CC(CC)CCCC)C(=O)O.C=CC(=O)O.CC=C(C)C(=O)O. The third kappa shape index (κ3) is 21.6. The third-order valence-electron chi connectivity index (χ3n) is 3.33. The minimum absolute atomic E-state index is 0.350. The van der Waals surface area contributed by atoms with Gasteiger partial charge in [-0.2, -0.15) is 0 Å². The van der Waals surface area contributed by atoms with Crippen LogP contribution in [0.5, 0.6) is 0 Å². The van der Waals surface area contributed by atoms with Gasteiger partial charge in [-0.05, 0) is 26.2 Å². The van der Waals surface area contributed by atoms with Crippen molar-refractivity contribution in [3.8, 4) is 0 Å². The molecule has 0 aromatic carbocycles. The molecule has 0 heterocycles. The van der Waals surface area contributed by atoms with E-state index in [4.69, 9.17) is 15.3 Å². The molecule has 3 N–H and O–H groups in total. The fraction of sp³-hybridized carbons (Fsp3) is 0.526. The van der Waals surface area contributed by atoms with Crippen LogP contribution in [-0.2, 0) is 14.4 Å². The van der Waals surface area contributed by atoms with E-state index in [0.29, 0.717) is 23.5 Å². The predicted molar refractivity (Wildman–Crippen MR) is 99.6 cm³/mol. The molecule has 25 heavy (non-hydrogen) atoms. The third-order valence-corrected chi connectivity index (χ3v) is 3.33. The van der Waals surface area contributed by atoms with E-state index in [9.17, 15) is 14.4 Å². The normalized spacial score (nSPS) is 11.0. The molecule has 1 unspecified atom stereocenters. The molecular weight excluding hydrogens is 324 g/mol. The van der Waals surface area contributed by atoms with E-state index in [0.717, 1.165) is 18.9 Å². The second-order valence-corrected chi connectivity index (χ2v) is 5.35. The topological polar surface area (TPSA) is 112 Å². The van der Waals surface area contributed by atoms with Crippen molar-refractivity contribution in [2.24, 2.45) is 5.92 Å². The minimum atomic E-state index is -0.981. The van der Waals surface area contributed by atoms with E-state index < -0.39 is 17.9 Å². The predicted octanol–water partition coefficient (Wildman–Crippen LogP) is 4.53. The summed E-state index contributed by atoms with van der Waals surface area (Å²) >= 11 is 0. The highest BCUT2D eigenvalue weighted by Crippen LogP contribution is 2.20. The van der Waals surface area contributed by atoms with Gasteiger partial charge < -0.3 is 15.3 Å². The van der Waals surface area contributed by atoms with Gasteiger partial charge in [0.1, 0.15) is 0 Å². The Morgan fingerprint density at radius 3 is 1.76 bits per heavy atom. The second kappa shape index (κ2) is 18.0. The first-order valence-electron chi connectivity index (χ1n) is 8.19. The first-order valence-corrected chi connectivity index (χ1v) is 8.19. The standard InChI is InChI=1S/C11H20O2.C5H8O2.C3H4O2/c1-4-6-7-10(5-2)8-9(3)11(12)13;1-3-4(2)5(6)7;1-2-3(4)5/h10H,3-8H2,1-2H3,(H,12,13);3H,1-2H3,(H,6,7);2H,1H2,(H,4,5). The molecule has 6 heteroatoms. The van der Waals surface area contributed by atoms with Crippen molar-refractivity contribution in [3.63, 3.8) is 0 Å². The summed E-state index contributed by atoms with van der Waals surface area (Å²) < 4.78 is 0. The average Bonchev–Trinajstić information content (AvgIpc) is 2.58. The minimum Gasteiger partial charge on any atom is -0.478 e. The number of carbonyl (C=O) groups is 3. The lowest BCUT2D eigenvalue weighted by atomic mass is 9.92. The first-order chi connectivity index (χ1) is 11.6. The number of carboxylic acids is 3. The summed E-state index contributed by atoms with van der Waals surface area (Å²) in [6, 6.07) is 0. The molecule has 0 saturated carbocycles. The van der Waals surface area contributed by atoms with Crippen LogP contribution in [0.1, 0.15) is 59.8 Å². The Hall–Kier alpha value is -2.37. The van der Waals surface area contributed by atoms with E-state index in [1.807, 2.05) is 0 Å². The van der Waals surface area contributed by atoms with Crippen LogP contribution in [0.15, 0.2) is 36.5 Å². The Balaban J connectivity index is -0.000000337. The summed E-state index contributed by atoms with van der Waals surface area (Å²) in [5, 5.41) is 24.4. The molecule has 0 bridgehead atoms. The lowest BCUT2D eigenvalue weighted by Gasteiger charge is -2.13. The van der Waals surface area contributed by atoms with Crippen molar-refractivity contribution in [1.29, 1.82) is 0 Å². The van der Waals surface area contributed by atoms with Crippen molar-refractivity contribution < 1.29 is 29.7 Å². The highest BCUT2D eigenvalue weighted by Gasteiger charge is 2.11. The zero-order valence-corrected chi connectivity index (χ0v) is 15.7. The molecular formula is C19H32O6. The summed E-state index contributed by atoms with van der Waals surface area (Å²) in [6.45, 7) is 14.0. The van der Waals surface area contributed by atoms with Gasteiger partial charge >= 0.3 is 17.9 Å². The first kappa shape index (κ1) is 27.5. The molecule has 0 rings (SSSR count). The lowest BCUT2D eigenvalue weighted by Crippen LogP contribution is -2.06. The fourth-order valence-electron chi connectivity index (χ4n) is 1.50. The van der Waals surface area contributed by atoms with Crippen molar-refractivity contribution in [2.45, 2.75) is 59.8 Å². The van der Waals surface area contributed by atoms with Crippen LogP contribution in [0.3, 0.4) is 0 Å². The summed E-state index contributed by atoms with van der Waals surface area (Å²) in [5.41, 5.74) is 0.739.